The van der Waals surface area contributed by atoms with Gasteiger partial charge in [0.2, 0.25) is 0 Å². The zero-order chi connectivity index (χ0) is 12.4. The molecule has 1 saturated heterocycles. The Bertz CT molecular complexity index is 411. The number of rotatable bonds is 3. The van der Waals surface area contributed by atoms with Gasteiger partial charge in [-0.25, -0.2) is 0 Å². The number of likely N-dealkylation sites (tertiary alicyclic amines) is 1. The molecule has 0 aromatic heterocycles. The van der Waals surface area contributed by atoms with Gasteiger partial charge in [0.25, 0.3) is 0 Å². The van der Waals surface area contributed by atoms with Crippen LogP contribution in [0.5, 0.6) is 5.75 Å². The Kier molecular flexibility index (Phi) is 3.52. The first kappa shape index (κ1) is 12.0. The summed E-state index contributed by atoms with van der Waals surface area (Å²) in [5.74, 6) is 1.08. The van der Waals surface area contributed by atoms with E-state index in [0.717, 1.165) is 25.3 Å². The number of hydrogen-bond donors (Lipinski definition) is 1. The molecule has 0 amide bonds. The van der Waals surface area contributed by atoms with Crippen LogP contribution in [0.25, 0.3) is 0 Å². The fraction of sp³-hybridized carbons (Fsp3) is 0.600. The smallest absolute Gasteiger partial charge is 0.122 e. The number of ether oxygens (including phenoxy) is 1. The lowest BCUT2D eigenvalue weighted by atomic mass is 10.0. The van der Waals surface area contributed by atoms with Crippen LogP contribution in [0.3, 0.4) is 0 Å². The second-order valence-corrected chi connectivity index (χ2v) is 5.50. The Morgan fingerprint density at radius 1 is 1.33 bits per heavy atom. The van der Waals surface area contributed by atoms with Crippen molar-refractivity contribution in [1.82, 2.24) is 10.2 Å². The summed E-state index contributed by atoms with van der Waals surface area (Å²) < 4.78 is 5.53. The Morgan fingerprint density at radius 3 is 3.00 bits per heavy atom. The van der Waals surface area contributed by atoms with Crippen molar-refractivity contribution in [3.63, 3.8) is 0 Å². The van der Waals surface area contributed by atoms with E-state index in [1.54, 1.807) is 0 Å². The maximum Gasteiger partial charge on any atom is 0.122 e. The highest BCUT2D eigenvalue weighted by Crippen LogP contribution is 2.25. The third kappa shape index (κ3) is 2.68. The molecule has 0 radical (unpaired) electrons. The van der Waals surface area contributed by atoms with Crippen molar-refractivity contribution >= 4 is 0 Å². The van der Waals surface area contributed by atoms with Crippen LogP contribution in [0.2, 0.25) is 0 Å². The summed E-state index contributed by atoms with van der Waals surface area (Å²) in [5.41, 5.74) is 2.76. The minimum Gasteiger partial charge on any atom is -0.493 e. The largest absolute Gasteiger partial charge is 0.493 e. The lowest BCUT2D eigenvalue weighted by molar-refractivity contribution is 0.234. The molecule has 0 spiro atoms. The molecule has 3 rings (SSSR count). The summed E-state index contributed by atoms with van der Waals surface area (Å²) in [6.45, 7) is 4.27. The van der Waals surface area contributed by atoms with Gasteiger partial charge < -0.3 is 15.0 Å². The molecule has 98 valence electrons. The van der Waals surface area contributed by atoms with Gasteiger partial charge in [-0.15, -0.1) is 0 Å². The Labute approximate surface area is 109 Å². The minimum atomic E-state index is 0.686. The number of piperidine rings is 1. The maximum absolute atomic E-state index is 5.53. The third-order valence-electron chi connectivity index (χ3n) is 4.07. The molecule has 0 aliphatic carbocycles. The molecular weight excluding hydrogens is 224 g/mol. The van der Waals surface area contributed by atoms with Gasteiger partial charge in [0.1, 0.15) is 5.75 Å². The van der Waals surface area contributed by atoms with E-state index in [1.807, 2.05) is 0 Å². The number of hydrogen-bond acceptors (Lipinski definition) is 3. The number of benzene rings is 1. The zero-order valence-corrected chi connectivity index (χ0v) is 11.1. The molecule has 3 heteroatoms. The fourth-order valence-corrected chi connectivity index (χ4v) is 2.82. The van der Waals surface area contributed by atoms with E-state index in [0.29, 0.717) is 6.04 Å². The van der Waals surface area contributed by atoms with Crippen LogP contribution in [0.15, 0.2) is 18.2 Å². The van der Waals surface area contributed by atoms with E-state index in [-0.39, 0.29) is 0 Å². The molecular formula is C15H22N2O. The highest BCUT2D eigenvalue weighted by Gasteiger charge is 2.16. The van der Waals surface area contributed by atoms with Gasteiger partial charge >= 0.3 is 0 Å². The summed E-state index contributed by atoms with van der Waals surface area (Å²) in [6.07, 6.45) is 3.60. The van der Waals surface area contributed by atoms with Crippen LogP contribution < -0.4 is 10.1 Å². The maximum atomic E-state index is 5.53. The lowest BCUT2D eigenvalue weighted by Crippen LogP contribution is -2.40. The van der Waals surface area contributed by atoms with Crippen LogP contribution >= 0.6 is 0 Å². The van der Waals surface area contributed by atoms with E-state index in [2.05, 4.69) is 35.5 Å². The molecule has 1 aromatic rings. The average Bonchev–Trinajstić information content (AvgIpc) is 2.85. The first-order valence-electron chi connectivity index (χ1n) is 6.98. The van der Waals surface area contributed by atoms with Gasteiger partial charge in [0.15, 0.2) is 0 Å². The molecule has 1 aromatic carbocycles. The van der Waals surface area contributed by atoms with Gasteiger partial charge in [-0.05, 0) is 50.2 Å². The summed E-state index contributed by atoms with van der Waals surface area (Å²) in [4.78, 5) is 2.41. The topological polar surface area (TPSA) is 24.5 Å². The number of nitrogens with zero attached hydrogens (tertiary/aromatic N) is 1. The van der Waals surface area contributed by atoms with E-state index in [9.17, 15) is 0 Å². The Balaban J connectivity index is 1.54. The fourth-order valence-electron chi connectivity index (χ4n) is 2.82. The normalized spacial score (nSPS) is 20.7. The van der Waals surface area contributed by atoms with Crippen molar-refractivity contribution in [3.8, 4) is 5.75 Å². The molecule has 2 aliphatic heterocycles. The van der Waals surface area contributed by atoms with Crippen molar-refractivity contribution in [2.45, 2.75) is 31.8 Å². The summed E-state index contributed by atoms with van der Waals surface area (Å²) >= 11 is 0. The van der Waals surface area contributed by atoms with E-state index < -0.39 is 0 Å². The summed E-state index contributed by atoms with van der Waals surface area (Å²) in [6, 6.07) is 7.29. The molecule has 2 aliphatic rings. The number of nitrogens with one attached hydrogen (secondary N) is 1. The van der Waals surface area contributed by atoms with Crippen molar-refractivity contribution in [3.05, 3.63) is 29.3 Å². The monoisotopic (exact) mass is 246 g/mol. The molecule has 0 bridgehead atoms. The van der Waals surface area contributed by atoms with Gasteiger partial charge in [-0.3, -0.25) is 0 Å². The first-order chi connectivity index (χ1) is 8.81. The molecule has 0 atom stereocenters. The highest BCUT2D eigenvalue weighted by atomic mass is 16.5. The first-order valence-corrected chi connectivity index (χ1v) is 6.98. The van der Waals surface area contributed by atoms with Gasteiger partial charge in [0, 0.05) is 19.0 Å². The third-order valence-corrected chi connectivity index (χ3v) is 4.07. The standard InChI is InChI=1S/C15H22N2O/c1-17-7-4-14(5-8-17)16-11-12-2-3-15-13(10-12)6-9-18-15/h2-3,10,14,16H,4-9,11H2,1H3. The van der Waals surface area contributed by atoms with Gasteiger partial charge in [-0.2, -0.15) is 0 Å². The molecule has 0 unspecified atom stereocenters. The summed E-state index contributed by atoms with van der Waals surface area (Å²) in [7, 11) is 2.21. The van der Waals surface area contributed by atoms with Crippen molar-refractivity contribution in [1.29, 1.82) is 0 Å². The molecule has 1 fully saturated rings. The Morgan fingerprint density at radius 2 is 2.17 bits per heavy atom. The van der Waals surface area contributed by atoms with Crippen LogP contribution in [-0.2, 0) is 13.0 Å². The molecule has 2 heterocycles. The minimum absolute atomic E-state index is 0.686. The molecule has 3 nitrogen and oxygen atoms in total. The molecule has 1 N–H and O–H groups in total. The lowest BCUT2D eigenvalue weighted by Gasteiger charge is -2.29. The second kappa shape index (κ2) is 5.29. The van der Waals surface area contributed by atoms with Crippen molar-refractivity contribution < 1.29 is 4.74 Å². The predicted molar refractivity (Wildman–Crippen MR) is 73.0 cm³/mol. The SMILES string of the molecule is CN1CCC(NCc2ccc3c(c2)CCO3)CC1. The highest BCUT2D eigenvalue weighted by molar-refractivity contribution is 5.39. The average molecular weight is 246 g/mol. The summed E-state index contributed by atoms with van der Waals surface area (Å²) in [5, 5.41) is 3.68. The van der Waals surface area contributed by atoms with Crippen LogP contribution in [0.1, 0.15) is 24.0 Å². The van der Waals surface area contributed by atoms with Crippen LogP contribution in [0.4, 0.5) is 0 Å². The predicted octanol–water partition coefficient (Wildman–Crippen LogP) is 1.81. The van der Waals surface area contributed by atoms with Crippen LogP contribution in [-0.4, -0.2) is 37.7 Å². The van der Waals surface area contributed by atoms with E-state index in [1.165, 1.54) is 37.1 Å². The van der Waals surface area contributed by atoms with E-state index >= 15 is 0 Å². The number of fused-ring (bicyclic) bond motifs is 1. The van der Waals surface area contributed by atoms with Crippen molar-refractivity contribution in [2.75, 3.05) is 26.7 Å². The zero-order valence-electron chi connectivity index (χ0n) is 11.1. The van der Waals surface area contributed by atoms with Gasteiger partial charge in [-0.1, -0.05) is 12.1 Å². The second-order valence-electron chi connectivity index (χ2n) is 5.50. The van der Waals surface area contributed by atoms with Crippen molar-refractivity contribution in [2.24, 2.45) is 0 Å². The van der Waals surface area contributed by atoms with Crippen LogP contribution in [0, 0.1) is 0 Å². The van der Waals surface area contributed by atoms with E-state index in [4.69, 9.17) is 4.74 Å². The van der Waals surface area contributed by atoms with Gasteiger partial charge in [0.05, 0.1) is 6.61 Å². The Hall–Kier alpha value is -1.06. The quantitative estimate of drug-likeness (QED) is 0.880. The molecule has 18 heavy (non-hydrogen) atoms. The molecule has 0 saturated carbocycles.